The Labute approximate surface area is 323 Å². The summed E-state index contributed by atoms with van der Waals surface area (Å²) in [6, 6.07) is 2.54. The number of nitrogens with zero attached hydrogens (tertiary/aromatic N) is 2. The first kappa shape index (κ1) is 43.2. The number of carbonyl (C=O) groups excluding carboxylic acids is 4. The van der Waals surface area contributed by atoms with Crippen molar-refractivity contribution in [1.29, 1.82) is 0 Å². The number of esters is 1. The van der Waals surface area contributed by atoms with Gasteiger partial charge in [-0.15, -0.1) is 9.93 Å². The monoisotopic (exact) mass is 797 g/mol. The number of likely N-dealkylation sites (N-methyl/N-ethyl adjacent to an activating group) is 1. The highest BCUT2D eigenvalue weighted by Crippen LogP contribution is 2.49. The van der Waals surface area contributed by atoms with Crippen LogP contribution in [0, 0.1) is 5.92 Å². The number of anilines is 1. The number of epoxide rings is 1. The Morgan fingerprint density at radius 3 is 2.56 bits per heavy atom. The predicted octanol–water partition coefficient (Wildman–Crippen LogP) is 3.57. The maximum atomic E-state index is 14.1. The summed E-state index contributed by atoms with van der Waals surface area (Å²) < 4.78 is 41.3. The van der Waals surface area contributed by atoms with Crippen LogP contribution >= 0.6 is 11.6 Å². The van der Waals surface area contributed by atoms with E-state index in [9.17, 15) is 28.5 Å². The molecule has 3 aliphatic rings. The minimum absolute atomic E-state index is 0.0624. The molecule has 16 heteroatoms. The molecule has 4 bridgehead atoms. The van der Waals surface area contributed by atoms with Gasteiger partial charge >= 0.3 is 12.1 Å². The lowest BCUT2D eigenvalue weighted by molar-refractivity contribution is -0.162. The summed E-state index contributed by atoms with van der Waals surface area (Å²) in [5, 5.41) is 14.5. The van der Waals surface area contributed by atoms with Crippen molar-refractivity contribution in [3.63, 3.8) is 0 Å². The number of benzene rings is 1. The number of rotatable bonds is 9. The van der Waals surface area contributed by atoms with Gasteiger partial charge in [0.05, 0.1) is 25.3 Å². The highest BCUT2D eigenvalue weighted by molar-refractivity contribution is 8.01. The Hall–Kier alpha value is -3.50. The van der Waals surface area contributed by atoms with Crippen LogP contribution < -0.4 is 15.0 Å². The number of aliphatic hydroxyl groups is 1. The molecular weight excluding hydrogens is 742 g/mol. The van der Waals surface area contributed by atoms with Crippen molar-refractivity contribution in [3.8, 4) is 5.75 Å². The number of amides is 3. The van der Waals surface area contributed by atoms with Crippen LogP contribution in [0.3, 0.4) is 0 Å². The van der Waals surface area contributed by atoms with Gasteiger partial charge in [-0.05, 0) is 63.8 Å². The molecule has 2 N–H and O–H groups in total. The maximum Gasteiger partial charge on any atom is 0.409 e. The zero-order chi connectivity index (χ0) is 40.3. The van der Waals surface area contributed by atoms with Crippen molar-refractivity contribution < 1.29 is 52.2 Å². The number of carbonyl (C=O) groups is 4. The van der Waals surface area contributed by atoms with Gasteiger partial charge in [-0.2, -0.15) is 0 Å². The molecule has 3 heterocycles. The molecule has 3 amide bonds. The fourth-order valence-corrected chi connectivity index (χ4v) is 8.24. The molecule has 3 aliphatic heterocycles. The molecule has 0 aromatic heterocycles. The molecule has 0 spiro atoms. The van der Waals surface area contributed by atoms with E-state index in [0.29, 0.717) is 30.0 Å². The molecule has 4 rings (SSSR count). The van der Waals surface area contributed by atoms with E-state index in [0.717, 1.165) is 11.1 Å². The van der Waals surface area contributed by atoms with Gasteiger partial charge in [-0.1, -0.05) is 42.3 Å². The van der Waals surface area contributed by atoms with E-state index in [4.69, 9.17) is 35.3 Å². The lowest BCUT2D eigenvalue weighted by atomic mass is 9.83. The summed E-state index contributed by atoms with van der Waals surface area (Å²) in [4.78, 5) is 56.4. The third-order valence-electron chi connectivity index (χ3n) is 10.6. The highest BCUT2D eigenvalue weighted by atomic mass is 35.5. The van der Waals surface area contributed by atoms with Gasteiger partial charge in [0.1, 0.15) is 40.7 Å². The van der Waals surface area contributed by atoms with Crippen molar-refractivity contribution >= 4 is 51.1 Å². The number of halogens is 1. The minimum Gasteiger partial charge on any atom is -0.495 e. The summed E-state index contributed by atoms with van der Waals surface area (Å²) in [5.41, 5.74) is -0.978. The quantitative estimate of drug-likeness (QED) is 0.190. The van der Waals surface area contributed by atoms with Crippen LogP contribution in [-0.2, 0) is 49.7 Å². The smallest absolute Gasteiger partial charge is 0.409 e. The summed E-state index contributed by atoms with van der Waals surface area (Å²) in [7, 11) is 3.65. The van der Waals surface area contributed by atoms with Crippen LogP contribution in [0.5, 0.6) is 5.75 Å². The summed E-state index contributed by atoms with van der Waals surface area (Å²) >= 11 is 6.76. The Morgan fingerprint density at radius 1 is 1.24 bits per heavy atom. The molecule has 1 aromatic rings. The highest BCUT2D eigenvalue weighted by Gasteiger charge is 2.64. The van der Waals surface area contributed by atoms with E-state index < -0.39 is 75.6 Å². The predicted molar refractivity (Wildman–Crippen MR) is 206 cm³/mol. The molecule has 2 saturated heterocycles. The molecule has 14 nitrogen and oxygen atoms in total. The van der Waals surface area contributed by atoms with Crippen molar-refractivity contribution in [2.24, 2.45) is 5.92 Å². The SMILES string of the molecule is COc1cc2cc(c1Cl)N(C)C(=O)C[C@H](OC(=O)[C@H](C)N(C)C(=O)CCC[SH](C)(C)=O)[C@]1(C)O[C@H]1[C@H](C)[C@@H]1C[C@@](O)(NC(=O)O1)[C@H](OC)/C=C/C=C(\C)C2. The molecule has 2 fully saturated rings. The molecule has 54 heavy (non-hydrogen) atoms. The molecular formula is C38H56ClN3O11S. The Balaban J connectivity index is 1.72. The first-order valence-electron chi connectivity index (χ1n) is 18.0. The lowest BCUT2D eigenvalue weighted by Gasteiger charge is -2.42. The first-order valence-corrected chi connectivity index (χ1v) is 21.2. The van der Waals surface area contributed by atoms with Gasteiger partial charge in [0, 0.05) is 45.7 Å². The fraction of sp³-hybridized carbons (Fsp3) is 0.632. The van der Waals surface area contributed by atoms with Crippen LogP contribution in [0.1, 0.15) is 58.9 Å². The maximum absolute atomic E-state index is 14.1. The fourth-order valence-electron chi connectivity index (χ4n) is 7.01. The molecule has 8 atom stereocenters. The number of alkyl carbamates (subject to hydrolysis) is 1. The average molecular weight is 798 g/mol. The number of allylic oxidation sites excluding steroid dienone is 3. The number of methoxy groups -OCH3 is 2. The zero-order valence-corrected chi connectivity index (χ0v) is 34.5. The van der Waals surface area contributed by atoms with Crippen molar-refractivity contribution in [2.75, 3.05) is 51.5 Å². The Bertz CT molecular complexity index is 1710. The van der Waals surface area contributed by atoms with E-state index in [-0.39, 0.29) is 30.2 Å². The zero-order valence-electron chi connectivity index (χ0n) is 32.8. The third kappa shape index (κ3) is 10.0. The van der Waals surface area contributed by atoms with E-state index in [1.165, 1.54) is 38.0 Å². The second kappa shape index (κ2) is 17.1. The van der Waals surface area contributed by atoms with E-state index in [1.54, 1.807) is 57.7 Å². The van der Waals surface area contributed by atoms with Crippen LogP contribution in [-0.4, -0.2) is 126 Å². The van der Waals surface area contributed by atoms with Gasteiger partial charge in [-0.3, -0.25) is 19.1 Å². The first-order chi connectivity index (χ1) is 25.1. The second-order valence-corrected chi connectivity index (χ2v) is 19.3. The number of thiol groups is 1. The molecule has 1 aromatic carbocycles. The number of hydrogen-bond donors (Lipinski definition) is 3. The topological polar surface area (TPSA) is 174 Å². The summed E-state index contributed by atoms with van der Waals surface area (Å²) in [5.74, 6) is -1.30. The van der Waals surface area contributed by atoms with Crippen LogP contribution in [0.4, 0.5) is 10.5 Å². The lowest BCUT2D eigenvalue weighted by Crippen LogP contribution is -2.63. The standard InChI is InChI=1S/C38H56ClN3O11S/c1-22-13-11-14-29(50-8)38(47)21-28(51-36(46)40-38)23(2)34-37(4,53-34)30(52-35(45)24(3)41(5)31(43)15-12-16-54(9,10)48)20-32(44)42(6)26-18-25(17-22)19-27(49-7)33(26)39/h11,13-14,18-19,23-24,28-30,34,47,54H,12,15-17,20-21H2,1-10H3,(H,40,46)/b14-11+,22-13+/t23-,24+,28+,29-,30+,34+,37+,38+/m1/s1. The van der Waals surface area contributed by atoms with Crippen molar-refractivity contribution in [2.45, 2.75) is 102 Å². The summed E-state index contributed by atoms with van der Waals surface area (Å²) in [6.45, 7) is 6.94. The van der Waals surface area contributed by atoms with Gasteiger partial charge in [0.2, 0.25) is 11.8 Å². The van der Waals surface area contributed by atoms with Crippen LogP contribution in [0.15, 0.2) is 35.9 Å². The van der Waals surface area contributed by atoms with Crippen molar-refractivity contribution in [1.82, 2.24) is 10.2 Å². The largest absolute Gasteiger partial charge is 0.495 e. The number of nitrogens with one attached hydrogen (secondary N) is 1. The molecule has 0 aliphatic carbocycles. The van der Waals surface area contributed by atoms with E-state index in [2.05, 4.69) is 5.32 Å². The van der Waals surface area contributed by atoms with Gasteiger partial charge in [0.25, 0.3) is 0 Å². The summed E-state index contributed by atoms with van der Waals surface area (Å²) in [6.07, 6.45) is 4.64. The minimum atomic E-state index is -2.31. The molecule has 0 radical (unpaired) electrons. The molecule has 0 unspecified atom stereocenters. The normalized spacial score (nSPS) is 31.4. The Kier molecular flexibility index (Phi) is 13.7. The van der Waals surface area contributed by atoms with Gasteiger partial charge < -0.3 is 38.6 Å². The number of fused-ring (bicyclic) bond motifs is 5. The molecule has 0 saturated carbocycles. The average Bonchev–Trinajstić information content (AvgIpc) is 3.79. The van der Waals surface area contributed by atoms with Gasteiger partial charge in [-0.25, -0.2) is 9.59 Å². The van der Waals surface area contributed by atoms with E-state index in [1.807, 2.05) is 13.0 Å². The third-order valence-corrected chi connectivity index (χ3v) is 12.4. The van der Waals surface area contributed by atoms with Crippen LogP contribution in [0.2, 0.25) is 5.02 Å². The van der Waals surface area contributed by atoms with Crippen LogP contribution in [0.25, 0.3) is 0 Å². The second-order valence-electron chi connectivity index (χ2n) is 15.3. The number of ether oxygens (including phenoxy) is 5. The number of hydrogen-bond acceptors (Lipinski definition) is 11. The van der Waals surface area contributed by atoms with Crippen molar-refractivity contribution in [3.05, 3.63) is 46.5 Å². The van der Waals surface area contributed by atoms with E-state index >= 15 is 0 Å². The van der Waals surface area contributed by atoms with Gasteiger partial charge in [0.15, 0.2) is 5.72 Å². The Morgan fingerprint density at radius 2 is 1.93 bits per heavy atom. The molecule has 302 valence electrons.